The molecule has 4 amide bonds. The van der Waals surface area contributed by atoms with Crippen LogP contribution in [0, 0.1) is 10.8 Å². The first-order valence-corrected chi connectivity index (χ1v) is 10.9. The average Bonchev–Trinajstić information content (AvgIpc) is 2.70. The number of carbonyl (C=O) groups excluding carboxylic acids is 4. The van der Waals surface area contributed by atoms with Crippen molar-refractivity contribution in [1.82, 2.24) is 20.4 Å². The summed E-state index contributed by atoms with van der Waals surface area (Å²) in [5, 5.41) is 5.38. The van der Waals surface area contributed by atoms with Gasteiger partial charge in [0.2, 0.25) is 23.6 Å². The minimum absolute atomic E-state index is 0.0244. The monoisotopic (exact) mass is 424 g/mol. The summed E-state index contributed by atoms with van der Waals surface area (Å²) >= 11 is 0. The molecule has 0 saturated carbocycles. The molecule has 8 nitrogen and oxygen atoms in total. The topological polar surface area (TPSA) is 98.8 Å². The normalized spacial score (nSPS) is 31.2. The van der Waals surface area contributed by atoms with E-state index < -0.39 is 10.8 Å². The number of piperidine rings is 2. The van der Waals surface area contributed by atoms with Crippen LogP contribution in [0.15, 0.2) is 0 Å². The number of rotatable bonds is 2. The zero-order valence-electron chi connectivity index (χ0n) is 19.9. The van der Waals surface area contributed by atoms with Crippen LogP contribution in [0.25, 0.3) is 0 Å². The lowest BCUT2D eigenvalue weighted by atomic mass is 9.74. The van der Waals surface area contributed by atoms with Crippen LogP contribution in [0.3, 0.4) is 0 Å². The summed E-state index contributed by atoms with van der Waals surface area (Å²) < 4.78 is 0. The molecule has 30 heavy (non-hydrogen) atoms. The largest absolute Gasteiger partial charge is 0.359 e. The molecule has 0 aromatic heterocycles. The second-order valence-corrected chi connectivity index (χ2v) is 8.98. The van der Waals surface area contributed by atoms with Crippen molar-refractivity contribution in [2.75, 3.05) is 27.2 Å². The molecule has 0 spiro atoms. The third-order valence-corrected chi connectivity index (χ3v) is 7.27. The van der Waals surface area contributed by atoms with E-state index in [1.54, 1.807) is 37.7 Å². The highest BCUT2D eigenvalue weighted by atomic mass is 16.2. The number of likely N-dealkylation sites (tertiary alicyclic amines) is 2. The molecule has 2 N–H and O–H groups in total. The Morgan fingerprint density at radius 2 is 1.03 bits per heavy atom. The van der Waals surface area contributed by atoms with Gasteiger partial charge in [0.15, 0.2) is 0 Å². The quantitative estimate of drug-likeness (QED) is 0.702. The fraction of sp³-hybridized carbons (Fsp3) is 0.818. The standard InChI is InChI=1S/2C11H20N2O2/c2*1-8-11(3,10(15)12-4)6-5-7-13(8)9(2)14/h2*8H,5-7H2,1-4H3,(H,12,15)/t8-,11?;/m0./s1. The Morgan fingerprint density at radius 1 is 0.733 bits per heavy atom. The fourth-order valence-corrected chi connectivity index (χ4v) is 4.76. The van der Waals surface area contributed by atoms with Crippen molar-refractivity contribution >= 4 is 23.6 Å². The highest BCUT2D eigenvalue weighted by Crippen LogP contribution is 2.36. The van der Waals surface area contributed by atoms with Gasteiger partial charge < -0.3 is 20.4 Å². The maximum Gasteiger partial charge on any atom is 0.227 e. The third-order valence-electron chi connectivity index (χ3n) is 7.27. The molecular formula is C22H40N4O4. The number of carbonyl (C=O) groups is 4. The Labute approximate surface area is 181 Å². The van der Waals surface area contributed by atoms with Gasteiger partial charge in [-0.15, -0.1) is 0 Å². The molecule has 4 atom stereocenters. The molecule has 8 heteroatoms. The zero-order valence-corrected chi connectivity index (χ0v) is 19.9. The molecule has 2 saturated heterocycles. The molecule has 0 aliphatic carbocycles. The van der Waals surface area contributed by atoms with Crippen molar-refractivity contribution in [1.29, 1.82) is 0 Å². The van der Waals surface area contributed by atoms with Crippen LogP contribution in [-0.2, 0) is 19.2 Å². The summed E-state index contributed by atoms with van der Waals surface area (Å²) in [4.78, 5) is 50.0. The number of nitrogens with zero attached hydrogens (tertiary/aromatic N) is 2. The maximum atomic E-state index is 11.8. The van der Waals surface area contributed by atoms with E-state index in [4.69, 9.17) is 0 Å². The summed E-state index contributed by atoms with van der Waals surface area (Å²) in [5.41, 5.74) is -0.892. The van der Waals surface area contributed by atoms with Gasteiger partial charge in [-0.05, 0) is 53.4 Å². The number of hydrogen-bond acceptors (Lipinski definition) is 4. The molecule has 2 rings (SSSR count). The van der Waals surface area contributed by atoms with Crippen LogP contribution < -0.4 is 10.6 Å². The van der Waals surface area contributed by atoms with E-state index in [1.165, 1.54) is 0 Å². The van der Waals surface area contributed by atoms with Crippen LogP contribution >= 0.6 is 0 Å². The predicted octanol–water partition coefficient (Wildman–Crippen LogP) is 1.54. The van der Waals surface area contributed by atoms with E-state index in [0.717, 1.165) is 38.8 Å². The van der Waals surface area contributed by atoms with Crippen LogP contribution in [-0.4, -0.2) is 72.7 Å². The Hall–Kier alpha value is -2.12. The number of amides is 4. The lowest BCUT2D eigenvalue weighted by Gasteiger charge is -2.45. The second-order valence-electron chi connectivity index (χ2n) is 8.98. The van der Waals surface area contributed by atoms with Gasteiger partial charge in [0.1, 0.15) is 0 Å². The van der Waals surface area contributed by atoms with E-state index >= 15 is 0 Å². The van der Waals surface area contributed by atoms with E-state index in [-0.39, 0.29) is 35.7 Å². The molecule has 172 valence electrons. The SMILES string of the molecule is CNC(=O)C1(C)CCCN(C(C)=O)C1C.CNC(=O)C1(C)CCCN(C(C)=O)[C@H]1C. The van der Waals surface area contributed by atoms with Gasteiger partial charge in [-0.25, -0.2) is 0 Å². The van der Waals surface area contributed by atoms with Crippen LogP contribution in [0.5, 0.6) is 0 Å². The number of hydrogen-bond donors (Lipinski definition) is 2. The summed E-state index contributed by atoms with van der Waals surface area (Å²) in [6.07, 6.45) is 3.48. The number of nitrogens with one attached hydrogen (secondary N) is 2. The van der Waals surface area contributed by atoms with Gasteiger partial charge in [0.05, 0.1) is 10.8 Å². The second kappa shape index (κ2) is 10.3. The Morgan fingerprint density at radius 3 is 1.27 bits per heavy atom. The van der Waals surface area contributed by atoms with Crippen LogP contribution in [0.1, 0.15) is 67.2 Å². The summed E-state index contributed by atoms with van der Waals surface area (Å²) in [6, 6.07) is -0.0487. The fourth-order valence-electron chi connectivity index (χ4n) is 4.76. The van der Waals surface area contributed by atoms with E-state index in [2.05, 4.69) is 10.6 Å². The Kier molecular flexibility index (Phi) is 8.87. The van der Waals surface area contributed by atoms with Crippen molar-refractivity contribution in [3.05, 3.63) is 0 Å². The highest BCUT2D eigenvalue weighted by molar-refractivity contribution is 5.85. The Bertz CT molecular complexity index is 612. The first kappa shape index (κ1) is 25.9. The van der Waals surface area contributed by atoms with Crippen LogP contribution in [0.2, 0.25) is 0 Å². The summed E-state index contributed by atoms with van der Waals surface area (Å²) in [6.45, 7) is 12.4. The van der Waals surface area contributed by atoms with Crippen molar-refractivity contribution in [2.24, 2.45) is 10.8 Å². The van der Waals surface area contributed by atoms with Crippen molar-refractivity contribution < 1.29 is 19.2 Å². The lowest BCUT2D eigenvalue weighted by Crippen LogP contribution is -2.56. The highest BCUT2D eigenvalue weighted by Gasteiger charge is 2.45. The van der Waals surface area contributed by atoms with Gasteiger partial charge in [-0.2, -0.15) is 0 Å². The molecule has 0 radical (unpaired) electrons. The van der Waals surface area contributed by atoms with Crippen molar-refractivity contribution in [2.45, 2.75) is 79.3 Å². The van der Waals surface area contributed by atoms with Gasteiger partial charge in [-0.3, -0.25) is 19.2 Å². The van der Waals surface area contributed by atoms with E-state index in [1.807, 2.05) is 27.7 Å². The molecule has 0 aromatic carbocycles. The summed E-state index contributed by atoms with van der Waals surface area (Å²) in [7, 11) is 3.29. The average molecular weight is 425 g/mol. The van der Waals surface area contributed by atoms with Crippen molar-refractivity contribution in [3.63, 3.8) is 0 Å². The molecule has 2 aliphatic heterocycles. The van der Waals surface area contributed by atoms with E-state index in [9.17, 15) is 19.2 Å². The predicted molar refractivity (Wildman–Crippen MR) is 117 cm³/mol. The Balaban J connectivity index is 0.000000300. The summed E-state index contributed by atoms with van der Waals surface area (Å²) in [5.74, 6) is 0.163. The van der Waals surface area contributed by atoms with E-state index in [0.29, 0.717) is 0 Å². The molecule has 3 unspecified atom stereocenters. The van der Waals surface area contributed by atoms with Gasteiger partial charge in [0, 0.05) is 53.1 Å². The lowest BCUT2D eigenvalue weighted by molar-refractivity contribution is -0.145. The first-order chi connectivity index (χ1) is 13.9. The van der Waals surface area contributed by atoms with Gasteiger partial charge >= 0.3 is 0 Å². The molecule has 0 bridgehead atoms. The minimum atomic E-state index is -0.446. The minimum Gasteiger partial charge on any atom is -0.359 e. The van der Waals surface area contributed by atoms with Gasteiger partial charge in [0.25, 0.3) is 0 Å². The van der Waals surface area contributed by atoms with Crippen LogP contribution in [0.4, 0.5) is 0 Å². The smallest absolute Gasteiger partial charge is 0.227 e. The third kappa shape index (κ3) is 5.13. The molecule has 0 aromatic rings. The molecule has 2 heterocycles. The molecule has 2 fully saturated rings. The zero-order chi connectivity index (χ0) is 23.3. The first-order valence-electron chi connectivity index (χ1n) is 10.9. The maximum absolute atomic E-state index is 11.8. The van der Waals surface area contributed by atoms with Gasteiger partial charge in [-0.1, -0.05) is 0 Å². The molecular weight excluding hydrogens is 384 g/mol. The molecule has 2 aliphatic rings. The van der Waals surface area contributed by atoms with Crippen molar-refractivity contribution in [3.8, 4) is 0 Å².